The number of anilines is 1. The summed E-state index contributed by atoms with van der Waals surface area (Å²) in [6, 6.07) is 19.4. The number of likely N-dealkylation sites (N-methyl/N-ethyl adjacent to an activating group) is 1. The Hall–Kier alpha value is -2.26. The lowest BCUT2D eigenvalue weighted by molar-refractivity contribution is -0.122. The number of halogens is 1. The predicted octanol–water partition coefficient (Wildman–Crippen LogP) is 4.83. The van der Waals surface area contributed by atoms with Crippen molar-refractivity contribution in [2.45, 2.75) is 37.8 Å². The fourth-order valence-electron chi connectivity index (χ4n) is 3.44. The van der Waals surface area contributed by atoms with E-state index in [1.807, 2.05) is 78.7 Å². The van der Waals surface area contributed by atoms with Gasteiger partial charge >= 0.3 is 0 Å². The molecule has 0 heterocycles. The van der Waals surface area contributed by atoms with Crippen LogP contribution in [0.4, 0.5) is 5.69 Å². The van der Waals surface area contributed by atoms with E-state index in [1.165, 1.54) is 12.8 Å². The van der Waals surface area contributed by atoms with Crippen LogP contribution in [0.5, 0.6) is 0 Å². The van der Waals surface area contributed by atoms with Crippen LogP contribution in [0.3, 0.4) is 0 Å². The van der Waals surface area contributed by atoms with Crippen LogP contribution in [0.15, 0.2) is 65.7 Å². The van der Waals surface area contributed by atoms with Gasteiger partial charge in [-0.05, 0) is 36.6 Å². The van der Waals surface area contributed by atoms with Gasteiger partial charge in [0.1, 0.15) is 6.04 Å². The minimum absolute atomic E-state index is 0.0413. The zero-order chi connectivity index (χ0) is 18.4. The Morgan fingerprint density at radius 1 is 1.08 bits per heavy atom. The van der Waals surface area contributed by atoms with E-state index >= 15 is 0 Å². The molecule has 1 aliphatic carbocycles. The zero-order valence-electron chi connectivity index (χ0n) is 15.1. The third-order valence-corrected chi connectivity index (χ3v) is 5.18. The molecule has 1 N–H and O–H groups in total. The second kappa shape index (κ2) is 8.91. The van der Waals surface area contributed by atoms with Crippen LogP contribution in [-0.2, 0) is 4.79 Å². The molecule has 0 aromatic heterocycles. The minimum atomic E-state index is -0.556. The molecular formula is C22H25ClN2O. The van der Waals surface area contributed by atoms with E-state index in [2.05, 4.69) is 5.32 Å². The first-order valence-electron chi connectivity index (χ1n) is 9.15. The molecule has 136 valence electrons. The monoisotopic (exact) mass is 368 g/mol. The summed E-state index contributed by atoms with van der Waals surface area (Å²) in [4.78, 5) is 15.0. The SMILES string of the molecule is CN(c1ccccc1)C(C(=O)NC1CCCC1)/C(Cl)=C/c1ccccc1. The van der Waals surface area contributed by atoms with Crippen LogP contribution in [0.25, 0.3) is 6.08 Å². The Kier molecular flexibility index (Phi) is 6.35. The van der Waals surface area contributed by atoms with E-state index in [1.54, 1.807) is 0 Å². The van der Waals surface area contributed by atoms with E-state index in [9.17, 15) is 4.79 Å². The molecule has 1 amide bonds. The molecule has 0 aliphatic heterocycles. The minimum Gasteiger partial charge on any atom is -0.358 e. The lowest BCUT2D eigenvalue weighted by Gasteiger charge is -2.30. The van der Waals surface area contributed by atoms with Gasteiger partial charge in [-0.2, -0.15) is 0 Å². The summed E-state index contributed by atoms with van der Waals surface area (Å²) in [6.07, 6.45) is 6.33. The third-order valence-electron chi connectivity index (χ3n) is 4.87. The average molecular weight is 369 g/mol. The molecule has 26 heavy (non-hydrogen) atoms. The highest BCUT2D eigenvalue weighted by Crippen LogP contribution is 2.25. The fraction of sp³-hybridized carbons (Fsp3) is 0.318. The first kappa shape index (κ1) is 18.5. The van der Waals surface area contributed by atoms with Crippen molar-refractivity contribution >= 4 is 29.3 Å². The summed E-state index contributed by atoms with van der Waals surface area (Å²) in [6.45, 7) is 0. The molecule has 2 aromatic carbocycles. The highest BCUT2D eigenvalue weighted by molar-refractivity contribution is 6.34. The molecule has 3 nitrogen and oxygen atoms in total. The molecule has 3 rings (SSSR count). The quantitative estimate of drug-likeness (QED) is 0.792. The number of rotatable bonds is 6. The normalized spacial score (nSPS) is 16.3. The maximum absolute atomic E-state index is 13.1. The Morgan fingerprint density at radius 2 is 1.65 bits per heavy atom. The zero-order valence-corrected chi connectivity index (χ0v) is 15.8. The van der Waals surface area contributed by atoms with Gasteiger partial charge in [-0.25, -0.2) is 0 Å². The maximum atomic E-state index is 13.1. The van der Waals surface area contributed by atoms with Crippen molar-refractivity contribution in [2.24, 2.45) is 0 Å². The Balaban J connectivity index is 1.87. The van der Waals surface area contributed by atoms with Gasteiger partial charge in [-0.3, -0.25) is 4.79 Å². The number of hydrogen-bond donors (Lipinski definition) is 1. The van der Waals surface area contributed by atoms with E-state index in [0.717, 1.165) is 24.1 Å². The summed E-state index contributed by atoms with van der Waals surface area (Å²) < 4.78 is 0. The number of benzene rings is 2. The third kappa shape index (κ3) is 4.67. The number of para-hydroxylation sites is 1. The Morgan fingerprint density at radius 3 is 2.27 bits per heavy atom. The molecule has 0 spiro atoms. The molecule has 0 bridgehead atoms. The molecule has 2 aromatic rings. The lowest BCUT2D eigenvalue weighted by Crippen LogP contribution is -2.48. The van der Waals surface area contributed by atoms with Crippen LogP contribution in [-0.4, -0.2) is 25.0 Å². The maximum Gasteiger partial charge on any atom is 0.248 e. The highest BCUT2D eigenvalue weighted by Gasteiger charge is 2.29. The second-order valence-electron chi connectivity index (χ2n) is 6.78. The molecule has 4 heteroatoms. The van der Waals surface area contributed by atoms with Gasteiger partial charge in [-0.1, -0.05) is 73.0 Å². The van der Waals surface area contributed by atoms with Crippen molar-refractivity contribution in [3.8, 4) is 0 Å². The van der Waals surface area contributed by atoms with Gasteiger partial charge in [0, 0.05) is 18.8 Å². The Labute approximate surface area is 160 Å². The topological polar surface area (TPSA) is 32.3 Å². The van der Waals surface area contributed by atoms with Crippen LogP contribution >= 0.6 is 11.6 Å². The van der Waals surface area contributed by atoms with Crippen LogP contribution in [0, 0.1) is 0 Å². The van der Waals surface area contributed by atoms with E-state index in [0.29, 0.717) is 5.03 Å². The standard InChI is InChI=1S/C22H25ClN2O/c1-25(19-14-6-3-7-15-19)21(22(26)24-18-12-8-9-13-18)20(23)16-17-10-4-2-5-11-17/h2-7,10-11,14-16,18,21H,8-9,12-13H2,1H3,(H,24,26)/b20-16-. The van der Waals surface area contributed by atoms with Crippen molar-refractivity contribution in [1.82, 2.24) is 5.32 Å². The molecular weight excluding hydrogens is 344 g/mol. The first-order valence-corrected chi connectivity index (χ1v) is 9.53. The van der Waals surface area contributed by atoms with Crippen molar-refractivity contribution in [2.75, 3.05) is 11.9 Å². The molecule has 1 fully saturated rings. The summed E-state index contributed by atoms with van der Waals surface area (Å²) in [5.74, 6) is -0.0413. The number of carbonyl (C=O) groups excluding carboxylic acids is 1. The predicted molar refractivity (Wildman–Crippen MR) is 109 cm³/mol. The van der Waals surface area contributed by atoms with Crippen LogP contribution in [0.1, 0.15) is 31.2 Å². The molecule has 0 saturated heterocycles. The van der Waals surface area contributed by atoms with Gasteiger partial charge in [0.15, 0.2) is 0 Å². The van der Waals surface area contributed by atoms with Gasteiger partial charge in [-0.15, -0.1) is 0 Å². The van der Waals surface area contributed by atoms with Gasteiger partial charge < -0.3 is 10.2 Å². The highest BCUT2D eigenvalue weighted by atomic mass is 35.5. The molecule has 1 saturated carbocycles. The van der Waals surface area contributed by atoms with Gasteiger partial charge in [0.2, 0.25) is 5.91 Å². The van der Waals surface area contributed by atoms with Crippen molar-refractivity contribution in [3.63, 3.8) is 0 Å². The van der Waals surface area contributed by atoms with Crippen molar-refractivity contribution in [1.29, 1.82) is 0 Å². The van der Waals surface area contributed by atoms with E-state index in [-0.39, 0.29) is 11.9 Å². The van der Waals surface area contributed by atoms with Crippen LogP contribution in [0.2, 0.25) is 0 Å². The van der Waals surface area contributed by atoms with Gasteiger partial charge in [0.25, 0.3) is 0 Å². The smallest absolute Gasteiger partial charge is 0.248 e. The van der Waals surface area contributed by atoms with Crippen molar-refractivity contribution < 1.29 is 4.79 Å². The van der Waals surface area contributed by atoms with E-state index in [4.69, 9.17) is 11.6 Å². The molecule has 1 atom stereocenters. The Bertz CT molecular complexity index is 739. The molecule has 1 unspecified atom stereocenters. The number of nitrogens with zero attached hydrogens (tertiary/aromatic N) is 1. The first-order chi connectivity index (χ1) is 12.6. The van der Waals surface area contributed by atoms with Crippen LogP contribution < -0.4 is 10.2 Å². The summed E-state index contributed by atoms with van der Waals surface area (Å²) in [5, 5.41) is 3.70. The fourth-order valence-corrected chi connectivity index (χ4v) is 3.81. The van der Waals surface area contributed by atoms with Crippen molar-refractivity contribution in [3.05, 3.63) is 71.3 Å². The number of carbonyl (C=O) groups is 1. The lowest BCUT2D eigenvalue weighted by atomic mass is 10.1. The second-order valence-corrected chi connectivity index (χ2v) is 7.22. The van der Waals surface area contributed by atoms with E-state index < -0.39 is 6.04 Å². The number of nitrogens with one attached hydrogen (secondary N) is 1. The molecule has 1 aliphatic rings. The molecule has 0 radical (unpaired) electrons. The summed E-state index contributed by atoms with van der Waals surface area (Å²) in [5.41, 5.74) is 1.94. The summed E-state index contributed by atoms with van der Waals surface area (Å²) >= 11 is 6.67. The summed E-state index contributed by atoms with van der Waals surface area (Å²) in [7, 11) is 1.91. The largest absolute Gasteiger partial charge is 0.358 e. The van der Waals surface area contributed by atoms with Gasteiger partial charge in [0.05, 0.1) is 5.03 Å². The number of amides is 1. The number of hydrogen-bond acceptors (Lipinski definition) is 2. The average Bonchev–Trinajstić information content (AvgIpc) is 3.16.